The van der Waals surface area contributed by atoms with Gasteiger partial charge < -0.3 is 14.8 Å². The van der Waals surface area contributed by atoms with Crippen LogP contribution in [0.5, 0.6) is 0 Å². The first-order chi connectivity index (χ1) is 9.86. The summed E-state index contributed by atoms with van der Waals surface area (Å²) in [6.45, 7) is 6.24. The number of ether oxygens (including phenoxy) is 2. The van der Waals surface area contributed by atoms with E-state index >= 15 is 0 Å². The Morgan fingerprint density at radius 2 is 2.05 bits per heavy atom. The first-order valence-corrected chi connectivity index (χ1v) is 7.95. The van der Waals surface area contributed by atoms with E-state index in [2.05, 4.69) is 36.5 Å². The molecule has 1 N–H and O–H groups in total. The van der Waals surface area contributed by atoms with Crippen molar-refractivity contribution >= 4 is 21.4 Å². The van der Waals surface area contributed by atoms with E-state index in [4.69, 9.17) is 9.47 Å². The standard InChI is InChI=1S/C16H23NO2S/c1-3-17-11-16-14(12-19-10-6-9-18-2)13-7-4-5-8-15(13)20-16/h4-5,7-8,17H,3,6,9-12H2,1-2H3. The van der Waals surface area contributed by atoms with Gasteiger partial charge in [0.1, 0.15) is 0 Å². The maximum atomic E-state index is 5.81. The van der Waals surface area contributed by atoms with Gasteiger partial charge in [-0.25, -0.2) is 0 Å². The van der Waals surface area contributed by atoms with Gasteiger partial charge in [-0.3, -0.25) is 0 Å². The lowest BCUT2D eigenvalue weighted by Crippen LogP contribution is -2.12. The summed E-state index contributed by atoms with van der Waals surface area (Å²) in [7, 11) is 1.72. The van der Waals surface area contributed by atoms with E-state index in [1.54, 1.807) is 7.11 Å². The second kappa shape index (κ2) is 8.37. The zero-order valence-corrected chi connectivity index (χ0v) is 13.1. The molecule has 2 rings (SSSR count). The lowest BCUT2D eigenvalue weighted by molar-refractivity contribution is 0.0932. The molecule has 0 amide bonds. The average Bonchev–Trinajstić information content (AvgIpc) is 2.83. The van der Waals surface area contributed by atoms with Crippen molar-refractivity contribution in [1.29, 1.82) is 0 Å². The van der Waals surface area contributed by atoms with E-state index in [0.29, 0.717) is 6.61 Å². The maximum absolute atomic E-state index is 5.81. The summed E-state index contributed by atoms with van der Waals surface area (Å²) in [6.07, 6.45) is 0.946. The van der Waals surface area contributed by atoms with Gasteiger partial charge in [0.25, 0.3) is 0 Å². The Labute approximate surface area is 124 Å². The number of rotatable bonds is 9. The van der Waals surface area contributed by atoms with Crippen molar-refractivity contribution in [3.63, 3.8) is 0 Å². The summed E-state index contributed by atoms with van der Waals surface area (Å²) < 4.78 is 12.2. The molecule has 0 aliphatic heterocycles. The third-order valence-electron chi connectivity index (χ3n) is 3.20. The second-order valence-corrected chi connectivity index (χ2v) is 5.82. The van der Waals surface area contributed by atoms with Crippen molar-refractivity contribution in [3.05, 3.63) is 34.7 Å². The van der Waals surface area contributed by atoms with Gasteiger partial charge in [0.15, 0.2) is 0 Å². The van der Waals surface area contributed by atoms with Gasteiger partial charge in [0.2, 0.25) is 0 Å². The first-order valence-electron chi connectivity index (χ1n) is 7.13. The molecule has 110 valence electrons. The lowest BCUT2D eigenvalue weighted by Gasteiger charge is -2.07. The Morgan fingerprint density at radius 3 is 2.85 bits per heavy atom. The van der Waals surface area contributed by atoms with Crippen LogP contribution in [0.2, 0.25) is 0 Å². The van der Waals surface area contributed by atoms with Gasteiger partial charge in [-0.2, -0.15) is 0 Å². The Kier molecular flexibility index (Phi) is 6.47. The highest BCUT2D eigenvalue weighted by Gasteiger charge is 2.11. The smallest absolute Gasteiger partial charge is 0.0734 e. The summed E-state index contributed by atoms with van der Waals surface area (Å²) >= 11 is 1.86. The van der Waals surface area contributed by atoms with Crippen molar-refractivity contribution in [2.45, 2.75) is 26.5 Å². The number of hydrogen-bond donors (Lipinski definition) is 1. The molecule has 1 aromatic carbocycles. The topological polar surface area (TPSA) is 30.5 Å². The van der Waals surface area contributed by atoms with Crippen LogP contribution in [0.1, 0.15) is 23.8 Å². The molecule has 0 radical (unpaired) electrons. The second-order valence-electron chi connectivity index (χ2n) is 4.68. The summed E-state index contributed by atoms with van der Waals surface area (Å²) in [5.74, 6) is 0. The van der Waals surface area contributed by atoms with Crippen LogP contribution in [0.25, 0.3) is 10.1 Å². The van der Waals surface area contributed by atoms with Crippen LogP contribution in [0.4, 0.5) is 0 Å². The molecule has 0 spiro atoms. The van der Waals surface area contributed by atoms with E-state index in [0.717, 1.165) is 32.7 Å². The lowest BCUT2D eigenvalue weighted by atomic mass is 10.1. The van der Waals surface area contributed by atoms with Gasteiger partial charge >= 0.3 is 0 Å². The number of hydrogen-bond acceptors (Lipinski definition) is 4. The van der Waals surface area contributed by atoms with Gasteiger partial charge in [-0.1, -0.05) is 25.1 Å². The van der Waals surface area contributed by atoms with Crippen molar-refractivity contribution in [2.75, 3.05) is 26.9 Å². The van der Waals surface area contributed by atoms with Gasteiger partial charge in [-0.05, 0) is 24.4 Å². The van der Waals surface area contributed by atoms with Crippen molar-refractivity contribution < 1.29 is 9.47 Å². The molecule has 2 aromatic rings. The molecule has 0 fully saturated rings. The maximum Gasteiger partial charge on any atom is 0.0734 e. The van der Waals surface area contributed by atoms with Crippen LogP contribution >= 0.6 is 11.3 Å². The number of fused-ring (bicyclic) bond motifs is 1. The summed E-state index contributed by atoms with van der Waals surface area (Å²) in [5.41, 5.74) is 1.34. The SMILES string of the molecule is CCNCc1sc2ccccc2c1COCCCOC. The van der Waals surface area contributed by atoms with Crippen LogP contribution in [-0.2, 0) is 22.6 Å². The Balaban J connectivity index is 2.07. The molecular formula is C16H23NO2S. The van der Waals surface area contributed by atoms with E-state index < -0.39 is 0 Å². The zero-order valence-electron chi connectivity index (χ0n) is 12.3. The molecule has 20 heavy (non-hydrogen) atoms. The fourth-order valence-electron chi connectivity index (χ4n) is 2.17. The largest absolute Gasteiger partial charge is 0.385 e. The van der Waals surface area contributed by atoms with Crippen LogP contribution in [0.15, 0.2) is 24.3 Å². The Hall–Kier alpha value is -0.940. The minimum Gasteiger partial charge on any atom is -0.385 e. The summed E-state index contributed by atoms with van der Waals surface area (Å²) in [6, 6.07) is 8.57. The van der Waals surface area contributed by atoms with Crippen LogP contribution < -0.4 is 5.32 Å². The molecule has 0 atom stereocenters. The average molecular weight is 293 g/mol. The minimum absolute atomic E-state index is 0.689. The number of nitrogens with one attached hydrogen (secondary N) is 1. The summed E-state index contributed by atoms with van der Waals surface area (Å²) in [5, 5.41) is 4.74. The molecule has 1 heterocycles. The molecule has 1 aromatic heterocycles. The number of benzene rings is 1. The van der Waals surface area contributed by atoms with E-state index in [-0.39, 0.29) is 0 Å². The van der Waals surface area contributed by atoms with Crippen LogP contribution in [0, 0.1) is 0 Å². The number of thiophene rings is 1. The fraction of sp³-hybridized carbons (Fsp3) is 0.500. The van der Waals surface area contributed by atoms with E-state index in [1.165, 1.54) is 20.5 Å². The third-order valence-corrected chi connectivity index (χ3v) is 4.41. The van der Waals surface area contributed by atoms with E-state index in [9.17, 15) is 0 Å². The molecule has 0 unspecified atom stereocenters. The quantitative estimate of drug-likeness (QED) is 0.717. The minimum atomic E-state index is 0.689. The molecular weight excluding hydrogens is 270 g/mol. The molecule has 4 heteroatoms. The molecule has 3 nitrogen and oxygen atoms in total. The van der Waals surface area contributed by atoms with Crippen LogP contribution in [-0.4, -0.2) is 26.9 Å². The Morgan fingerprint density at radius 1 is 1.20 bits per heavy atom. The predicted octanol–water partition coefficient (Wildman–Crippen LogP) is 3.56. The summed E-state index contributed by atoms with van der Waals surface area (Å²) in [4.78, 5) is 1.39. The highest BCUT2D eigenvalue weighted by atomic mass is 32.1. The normalized spacial score (nSPS) is 11.3. The molecule has 0 aliphatic rings. The molecule has 0 bridgehead atoms. The van der Waals surface area contributed by atoms with Crippen molar-refractivity contribution in [1.82, 2.24) is 5.32 Å². The fourth-order valence-corrected chi connectivity index (χ4v) is 3.35. The van der Waals surface area contributed by atoms with Gasteiger partial charge in [0.05, 0.1) is 6.61 Å². The molecule has 0 aliphatic carbocycles. The molecule has 0 saturated heterocycles. The van der Waals surface area contributed by atoms with Crippen LogP contribution in [0.3, 0.4) is 0 Å². The van der Waals surface area contributed by atoms with Gasteiger partial charge in [-0.15, -0.1) is 11.3 Å². The highest BCUT2D eigenvalue weighted by molar-refractivity contribution is 7.19. The predicted molar refractivity (Wildman–Crippen MR) is 85.4 cm³/mol. The number of methoxy groups -OCH3 is 1. The first kappa shape index (κ1) is 15.4. The van der Waals surface area contributed by atoms with E-state index in [1.807, 2.05) is 11.3 Å². The van der Waals surface area contributed by atoms with Crippen molar-refractivity contribution in [3.8, 4) is 0 Å². The Bertz CT molecular complexity index is 524. The monoisotopic (exact) mass is 293 g/mol. The third kappa shape index (κ3) is 4.03. The molecule has 0 saturated carbocycles. The zero-order chi connectivity index (χ0) is 14.2. The van der Waals surface area contributed by atoms with Gasteiger partial charge in [0, 0.05) is 42.0 Å². The highest BCUT2D eigenvalue weighted by Crippen LogP contribution is 2.31. The van der Waals surface area contributed by atoms with Crippen molar-refractivity contribution in [2.24, 2.45) is 0 Å².